The van der Waals surface area contributed by atoms with Crippen molar-refractivity contribution in [2.45, 2.75) is 25.2 Å². The molecule has 0 saturated carbocycles. The SMILES string of the molecule is COc1cc(C(F)(F)F)c(C(=O)Nc2cc(-c3cc(CN4CC[C@@H](O)C4)ccc3F)ccc2N2CCN(C)CC2)cn1. The summed E-state index contributed by atoms with van der Waals surface area (Å²) in [6.07, 6.45) is -3.67. The van der Waals surface area contributed by atoms with Gasteiger partial charge in [-0.15, -0.1) is 0 Å². The van der Waals surface area contributed by atoms with E-state index in [1.54, 1.807) is 30.3 Å². The van der Waals surface area contributed by atoms with E-state index in [0.29, 0.717) is 55.5 Å². The van der Waals surface area contributed by atoms with Crippen molar-refractivity contribution in [3.8, 4) is 17.0 Å². The van der Waals surface area contributed by atoms with Crippen LogP contribution >= 0.6 is 0 Å². The van der Waals surface area contributed by atoms with Gasteiger partial charge in [0.1, 0.15) is 5.82 Å². The standard InChI is InChI=1S/C30H33F4N5O3/c1-37-9-11-39(12-10-37)27-6-4-20(22-13-19(3-5-25(22)31)17-38-8-7-21(40)18-38)14-26(27)36-29(41)23-16-35-28(42-2)15-24(23)30(32,33)34/h3-6,13-16,21,40H,7-12,17-18H2,1-2H3,(H,36,41)/t21-/m1/s1. The van der Waals surface area contributed by atoms with Gasteiger partial charge < -0.3 is 25.0 Å². The van der Waals surface area contributed by atoms with E-state index in [1.807, 2.05) is 11.9 Å². The first-order valence-electron chi connectivity index (χ1n) is 13.7. The van der Waals surface area contributed by atoms with Gasteiger partial charge in [0, 0.05) is 63.6 Å². The molecule has 0 unspecified atom stereocenters. The molecule has 3 aromatic rings. The third kappa shape index (κ3) is 6.66. The molecule has 2 saturated heterocycles. The van der Waals surface area contributed by atoms with E-state index >= 15 is 4.39 Å². The summed E-state index contributed by atoms with van der Waals surface area (Å²) < 4.78 is 61.6. The number of aliphatic hydroxyl groups excluding tert-OH is 1. The van der Waals surface area contributed by atoms with E-state index < -0.39 is 29.0 Å². The number of carbonyl (C=O) groups is 1. The molecule has 2 aromatic carbocycles. The molecule has 5 rings (SSSR count). The lowest BCUT2D eigenvalue weighted by atomic mass is 10.00. The van der Waals surface area contributed by atoms with Crippen molar-refractivity contribution < 1.29 is 32.2 Å². The van der Waals surface area contributed by atoms with Gasteiger partial charge >= 0.3 is 6.18 Å². The van der Waals surface area contributed by atoms with Crippen LogP contribution in [0.2, 0.25) is 0 Å². The monoisotopic (exact) mass is 587 g/mol. The van der Waals surface area contributed by atoms with E-state index in [1.165, 1.54) is 13.2 Å². The predicted octanol–water partition coefficient (Wildman–Crippen LogP) is 4.49. The van der Waals surface area contributed by atoms with Crippen LogP contribution in [-0.4, -0.2) is 85.3 Å². The Bertz CT molecular complexity index is 1440. The van der Waals surface area contributed by atoms with Gasteiger partial charge in [-0.1, -0.05) is 12.1 Å². The number of benzene rings is 2. The second-order valence-corrected chi connectivity index (χ2v) is 10.7. The molecule has 0 radical (unpaired) electrons. The van der Waals surface area contributed by atoms with Crippen LogP contribution in [0.25, 0.3) is 11.1 Å². The molecule has 0 spiro atoms. The number of piperazine rings is 1. The normalized spacial score (nSPS) is 18.4. The first-order valence-corrected chi connectivity index (χ1v) is 13.7. The van der Waals surface area contributed by atoms with Gasteiger partial charge in [0.25, 0.3) is 5.91 Å². The summed E-state index contributed by atoms with van der Waals surface area (Å²) in [4.78, 5) is 23.4. The highest BCUT2D eigenvalue weighted by Gasteiger charge is 2.36. The van der Waals surface area contributed by atoms with Crippen LogP contribution in [-0.2, 0) is 12.7 Å². The molecule has 42 heavy (non-hydrogen) atoms. The number of ether oxygens (including phenoxy) is 1. The maximum atomic E-state index is 15.1. The van der Waals surface area contributed by atoms with E-state index in [9.17, 15) is 23.1 Å². The number of halogens is 4. The number of β-amino-alcohol motifs (C(OH)–C–C–N with tert-alkyl or cyclic N) is 1. The van der Waals surface area contributed by atoms with E-state index in [2.05, 4.69) is 20.1 Å². The Hall–Kier alpha value is -3.74. The number of methoxy groups -OCH3 is 1. The lowest BCUT2D eigenvalue weighted by molar-refractivity contribution is -0.138. The zero-order chi connectivity index (χ0) is 30.0. The molecule has 2 fully saturated rings. The lowest BCUT2D eigenvalue weighted by Crippen LogP contribution is -2.44. The van der Waals surface area contributed by atoms with Crippen molar-refractivity contribution in [1.82, 2.24) is 14.8 Å². The van der Waals surface area contributed by atoms with Crippen LogP contribution in [0.5, 0.6) is 5.88 Å². The maximum Gasteiger partial charge on any atom is 0.417 e. The Labute approximate surface area is 241 Å². The Balaban J connectivity index is 1.51. The molecule has 1 aromatic heterocycles. The topological polar surface area (TPSA) is 81.2 Å². The second-order valence-electron chi connectivity index (χ2n) is 10.7. The predicted molar refractivity (Wildman–Crippen MR) is 151 cm³/mol. The number of likely N-dealkylation sites (N-methyl/N-ethyl adjacent to an activating group) is 1. The minimum absolute atomic E-state index is 0.262. The maximum absolute atomic E-state index is 15.1. The van der Waals surface area contributed by atoms with Crippen LogP contribution in [0.15, 0.2) is 48.7 Å². The van der Waals surface area contributed by atoms with Crippen LogP contribution in [0, 0.1) is 5.82 Å². The first-order chi connectivity index (χ1) is 20.0. The molecule has 3 heterocycles. The summed E-state index contributed by atoms with van der Waals surface area (Å²) in [6.45, 7) is 4.63. The molecule has 1 amide bonds. The quantitative estimate of drug-likeness (QED) is 0.395. The van der Waals surface area contributed by atoms with Crippen molar-refractivity contribution in [3.63, 3.8) is 0 Å². The molecule has 2 aliphatic heterocycles. The summed E-state index contributed by atoms with van der Waals surface area (Å²) in [5.41, 5.74) is 0.682. The van der Waals surface area contributed by atoms with Gasteiger partial charge in [0.05, 0.1) is 35.7 Å². The highest BCUT2D eigenvalue weighted by molar-refractivity contribution is 6.07. The van der Waals surface area contributed by atoms with Crippen LogP contribution in [0.4, 0.5) is 28.9 Å². The molecule has 0 aliphatic carbocycles. The number of carbonyl (C=O) groups excluding carboxylic acids is 1. The highest BCUT2D eigenvalue weighted by Crippen LogP contribution is 2.37. The highest BCUT2D eigenvalue weighted by atomic mass is 19.4. The van der Waals surface area contributed by atoms with Crippen molar-refractivity contribution in [2.75, 3.05) is 63.6 Å². The fourth-order valence-corrected chi connectivity index (χ4v) is 5.39. The van der Waals surface area contributed by atoms with Crippen molar-refractivity contribution >= 4 is 17.3 Å². The minimum atomic E-state index is -4.82. The second kappa shape index (κ2) is 12.2. The van der Waals surface area contributed by atoms with E-state index in [0.717, 1.165) is 31.4 Å². The van der Waals surface area contributed by atoms with Gasteiger partial charge in [-0.2, -0.15) is 13.2 Å². The molecule has 0 bridgehead atoms. The zero-order valence-corrected chi connectivity index (χ0v) is 23.4. The number of amides is 1. The summed E-state index contributed by atoms with van der Waals surface area (Å²) >= 11 is 0. The van der Waals surface area contributed by atoms with Crippen molar-refractivity contribution in [1.29, 1.82) is 0 Å². The summed E-state index contributed by atoms with van der Waals surface area (Å²) in [7, 11) is 3.19. The molecular weight excluding hydrogens is 554 g/mol. The molecule has 2 aliphatic rings. The molecule has 8 nitrogen and oxygen atoms in total. The van der Waals surface area contributed by atoms with Crippen LogP contribution in [0.1, 0.15) is 27.9 Å². The zero-order valence-electron chi connectivity index (χ0n) is 23.4. The summed E-state index contributed by atoms with van der Waals surface area (Å²) in [5, 5.41) is 12.5. The largest absolute Gasteiger partial charge is 0.481 e. The number of rotatable bonds is 7. The van der Waals surface area contributed by atoms with Crippen molar-refractivity contribution in [3.05, 3.63) is 71.2 Å². The average Bonchev–Trinajstić information content (AvgIpc) is 3.38. The van der Waals surface area contributed by atoms with Crippen molar-refractivity contribution in [2.24, 2.45) is 0 Å². The molecule has 12 heteroatoms. The fourth-order valence-electron chi connectivity index (χ4n) is 5.39. The summed E-state index contributed by atoms with van der Waals surface area (Å²) in [6, 6.07) is 10.6. The number of aromatic nitrogens is 1. The number of anilines is 2. The molecule has 224 valence electrons. The smallest absolute Gasteiger partial charge is 0.417 e. The number of hydrogen-bond donors (Lipinski definition) is 2. The summed E-state index contributed by atoms with van der Waals surface area (Å²) in [5.74, 6) is -1.73. The van der Waals surface area contributed by atoms with Gasteiger partial charge in [0.15, 0.2) is 0 Å². The number of nitrogens with zero attached hydrogens (tertiary/aromatic N) is 4. The van der Waals surface area contributed by atoms with Gasteiger partial charge in [-0.05, 0) is 48.9 Å². The number of nitrogens with one attached hydrogen (secondary N) is 1. The number of hydrogen-bond acceptors (Lipinski definition) is 7. The molecule has 1 atom stereocenters. The Morgan fingerprint density at radius 1 is 1.10 bits per heavy atom. The number of alkyl halides is 3. The number of aliphatic hydroxyl groups is 1. The van der Waals surface area contributed by atoms with E-state index in [4.69, 9.17) is 4.74 Å². The number of likely N-dealkylation sites (tertiary alicyclic amines) is 1. The van der Waals surface area contributed by atoms with Gasteiger partial charge in [0.2, 0.25) is 5.88 Å². The van der Waals surface area contributed by atoms with Gasteiger partial charge in [-0.3, -0.25) is 9.69 Å². The third-order valence-electron chi connectivity index (χ3n) is 7.72. The van der Waals surface area contributed by atoms with Crippen LogP contribution in [0.3, 0.4) is 0 Å². The molecule has 2 N–H and O–H groups in total. The molecular formula is C30H33F4N5O3. The first kappa shape index (κ1) is 29.7. The van der Waals surface area contributed by atoms with E-state index in [-0.39, 0.29) is 17.7 Å². The van der Waals surface area contributed by atoms with Gasteiger partial charge in [-0.25, -0.2) is 9.37 Å². The Morgan fingerprint density at radius 2 is 1.86 bits per heavy atom. The average molecular weight is 588 g/mol. The number of pyridine rings is 1. The Morgan fingerprint density at radius 3 is 2.52 bits per heavy atom. The third-order valence-corrected chi connectivity index (χ3v) is 7.72. The lowest BCUT2D eigenvalue weighted by Gasteiger charge is -2.35. The fraction of sp³-hybridized carbons (Fsp3) is 0.400. The van der Waals surface area contributed by atoms with Crippen LogP contribution < -0.4 is 15.0 Å². The minimum Gasteiger partial charge on any atom is -0.481 e. The Kier molecular flexibility index (Phi) is 8.67.